The van der Waals surface area contributed by atoms with E-state index in [4.69, 9.17) is 0 Å². The molecule has 4 rings (SSSR count). The molecule has 0 radical (unpaired) electrons. The largest absolute Gasteiger partial charge is 0.359 e. The van der Waals surface area contributed by atoms with Crippen LogP contribution in [0.2, 0.25) is 0 Å². The van der Waals surface area contributed by atoms with Crippen molar-refractivity contribution in [1.29, 1.82) is 0 Å². The second-order valence-corrected chi connectivity index (χ2v) is 7.67. The molecule has 1 aliphatic heterocycles. The second kappa shape index (κ2) is 8.45. The molecule has 152 valence electrons. The van der Waals surface area contributed by atoms with E-state index in [1.54, 1.807) is 11.9 Å². The van der Waals surface area contributed by atoms with E-state index in [0.717, 1.165) is 16.7 Å². The summed E-state index contributed by atoms with van der Waals surface area (Å²) in [5, 5.41) is 2.81. The highest BCUT2D eigenvalue weighted by atomic mass is 16.2. The standard InChI is InChI=1S/C24H24N4O2/c1-25-23(30)24(10-13-28(17-24)22(29)21-16-26-11-12-27-21)15-18-6-5-9-20(14-18)19-7-3-2-4-8-19/h2-9,11-12,14,16H,10,13,15,17H2,1H3,(H,25,30). The fourth-order valence-electron chi connectivity index (χ4n) is 4.17. The van der Waals surface area contributed by atoms with Crippen molar-refractivity contribution < 1.29 is 9.59 Å². The Bertz CT molecular complexity index is 1040. The maximum Gasteiger partial charge on any atom is 0.274 e. The van der Waals surface area contributed by atoms with Gasteiger partial charge in [0.05, 0.1) is 11.6 Å². The number of benzene rings is 2. The summed E-state index contributed by atoms with van der Waals surface area (Å²) in [5.74, 6) is -0.228. The minimum atomic E-state index is -0.665. The summed E-state index contributed by atoms with van der Waals surface area (Å²) in [5.41, 5.74) is 2.97. The van der Waals surface area contributed by atoms with Crippen LogP contribution in [0.4, 0.5) is 0 Å². The third kappa shape index (κ3) is 3.94. The molecule has 2 amide bonds. The molecule has 2 heterocycles. The summed E-state index contributed by atoms with van der Waals surface area (Å²) < 4.78 is 0. The zero-order valence-electron chi connectivity index (χ0n) is 16.9. The fraction of sp³-hybridized carbons (Fsp3) is 0.250. The lowest BCUT2D eigenvalue weighted by molar-refractivity contribution is -0.129. The summed E-state index contributed by atoms with van der Waals surface area (Å²) in [6.45, 7) is 0.874. The van der Waals surface area contributed by atoms with Gasteiger partial charge < -0.3 is 10.2 Å². The van der Waals surface area contributed by atoms with Gasteiger partial charge in [0.1, 0.15) is 5.69 Å². The molecule has 0 bridgehead atoms. The number of carbonyl (C=O) groups is 2. The zero-order chi connectivity index (χ0) is 21.0. The summed E-state index contributed by atoms with van der Waals surface area (Å²) in [6, 6.07) is 18.4. The quantitative estimate of drug-likeness (QED) is 0.715. The van der Waals surface area contributed by atoms with E-state index in [9.17, 15) is 9.59 Å². The van der Waals surface area contributed by atoms with Gasteiger partial charge in [-0.05, 0) is 29.5 Å². The second-order valence-electron chi connectivity index (χ2n) is 7.67. The lowest BCUT2D eigenvalue weighted by Crippen LogP contribution is -2.44. The van der Waals surface area contributed by atoms with Crippen molar-refractivity contribution in [3.8, 4) is 11.1 Å². The summed E-state index contributed by atoms with van der Waals surface area (Å²) in [4.78, 5) is 35.6. The monoisotopic (exact) mass is 400 g/mol. The van der Waals surface area contributed by atoms with Crippen molar-refractivity contribution >= 4 is 11.8 Å². The van der Waals surface area contributed by atoms with Gasteiger partial charge in [-0.2, -0.15) is 0 Å². The third-order valence-electron chi connectivity index (χ3n) is 5.71. The van der Waals surface area contributed by atoms with Gasteiger partial charge in [0, 0.05) is 32.5 Å². The van der Waals surface area contributed by atoms with Gasteiger partial charge in [0.25, 0.3) is 5.91 Å². The average Bonchev–Trinajstić information content (AvgIpc) is 3.24. The van der Waals surface area contributed by atoms with Gasteiger partial charge in [0.15, 0.2) is 0 Å². The number of carbonyl (C=O) groups excluding carboxylic acids is 2. The Kier molecular flexibility index (Phi) is 5.57. The van der Waals surface area contributed by atoms with Gasteiger partial charge in [-0.25, -0.2) is 4.98 Å². The zero-order valence-corrected chi connectivity index (χ0v) is 16.9. The number of hydrogen-bond acceptors (Lipinski definition) is 4. The van der Waals surface area contributed by atoms with Crippen LogP contribution in [0.25, 0.3) is 11.1 Å². The van der Waals surface area contributed by atoms with Crippen molar-refractivity contribution in [3.63, 3.8) is 0 Å². The Morgan fingerprint density at radius 3 is 2.60 bits per heavy atom. The molecular formula is C24H24N4O2. The molecule has 3 aromatic rings. The van der Waals surface area contributed by atoms with Crippen LogP contribution in [-0.4, -0.2) is 46.8 Å². The molecule has 0 aliphatic carbocycles. The molecule has 1 N–H and O–H groups in total. The number of hydrogen-bond donors (Lipinski definition) is 1. The van der Waals surface area contributed by atoms with Gasteiger partial charge >= 0.3 is 0 Å². The Balaban J connectivity index is 1.59. The van der Waals surface area contributed by atoms with Crippen molar-refractivity contribution in [3.05, 3.63) is 84.4 Å². The Morgan fingerprint density at radius 1 is 1.07 bits per heavy atom. The van der Waals surface area contributed by atoms with Gasteiger partial charge in [-0.15, -0.1) is 0 Å². The number of nitrogens with one attached hydrogen (secondary N) is 1. The first kappa shape index (κ1) is 19.8. The van der Waals surface area contributed by atoms with E-state index < -0.39 is 5.41 Å². The van der Waals surface area contributed by atoms with Crippen LogP contribution in [0, 0.1) is 5.41 Å². The number of amides is 2. The highest BCUT2D eigenvalue weighted by Crippen LogP contribution is 2.36. The molecule has 1 aromatic heterocycles. The van der Waals surface area contributed by atoms with Crippen LogP contribution < -0.4 is 5.32 Å². The third-order valence-corrected chi connectivity index (χ3v) is 5.71. The molecule has 0 saturated carbocycles. The molecule has 0 spiro atoms. The summed E-state index contributed by atoms with van der Waals surface area (Å²) >= 11 is 0. The first-order chi connectivity index (χ1) is 14.6. The van der Waals surface area contributed by atoms with E-state index in [2.05, 4.69) is 39.6 Å². The highest BCUT2D eigenvalue weighted by molar-refractivity contribution is 5.93. The Hall–Kier alpha value is -3.54. The van der Waals surface area contributed by atoms with E-state index in [1.165, 1.54) is 18.6 Å². The smallest absolute Gasteiger partial charge is 0.274 e. The number of aromatic nitrogens is 2. The van der Waals surface area contributed by atoms with E-state index in [1.807, 2.05) is 30.3 Å². The molecule has 1 fully saturated rings. The first-order valence-corrected chi connectivity index (χ1v) is 10.0. The molecule has 30 heavy (non-hydrogen) atoms. The summed E-state index contributed by atoms with van der Waals surface area (Å²) in [7, 11) is 1.65. The molecule has 6 nitrogen and oxygen atoms in total. The topological polar surface area (TPSA) is 75.2 Å². The maximum absolute atomic E-state index is 12.9. The van der Waals surface area contributed by atoms with Crippen LogP contribution in [-0.2, 0) is 11.2 Å². The molecule has 1 aliphatic rings. The van der Waals surface area contributed by atoms with Crippen LogP contribution >= 0.6 is 0 Å². The average molecular weight is 400 g/mol. The first-order valence-electron chi connectivity index (χ1n) is 10.0. The van der Waals surface area contributed by atoms with Gasteiger partial charge in [-0.1, -0.05) is 54.6 Å². The van der Waals surface area contributed by atoms with Crippen molar-refractivity contribution in [2.24, 2.45) is 5.41 Å². The molecular weight excluding hydrogens is 376 g/mol. The molecule has 2 aromatic carbocycles. The molecule has 6 heteroatoms. The Labute approximate surface area is 176 Å². The number of rotatable bonds is 5. The van der Waals surface area contributed by atoms with Crippen LogP contribution in [0.1, 0.15) is 22.5 Å². The van der Waals surface area contributed by atoms with Crippen molar-refractivity contribution in [2.75, 3.05) is 20.1 Å². The van der Waals surface area contributed by atoms with Gasteiger partial charge in [0.2, 0.25) is 5.91 Å². The highest BCUT2D eigenvalue weighted by Gasteiger charge is 2.45. The minimum Gasteiger partial charge on any atom is -0.359 e. The minimum absolute atomic E-state index is 0.0398. The molecule has 1 saturated heterocycles. The predicted molar refractivity (Wildman–Crippen MR) is 115 cm³/mol. The van der Waals surface area contributed by atoms with E-state index in [-0.39, 0.29) is 11.8 Å². The molecule has 1 unspecified atom stereocenters. The normalized spacial score (nSPS) is 18.2. The van der Waals surface area contributed by atoms with E-state index in [0.29, 0.717) is 31.6 Å². The number of likely N-dealkylation sites (tertiary alicyclic amines) is 1. The SMILES string of the molecule is CNC(=O)C1(Cc2cccc(-c3ccccc3)c2)CCN(C(=O)c2cnccn2)C1. The predicted octanol–water partition coefficient (Wildman–Crippen LogP) is 2.96. The Morgan fingerprint density at radius 2 is 1.87 bits per heavy atom. The summed E-state index contributed by atoms with van der Waals surface area (Å²) in [6.07, 6.45) is 5.68. The molecule has 1 atom stereocenters. The van der Waals surface area contributed by atoms with Crippen LogP contribution in [0.5, 0.6) is 0 Å². The van der Waals surface area contributed by atoms with E-state index >= 15 is 0 Å². The van der Waals surface area contributed by atoms with Crippen molar-refractivity contribution in [2.45, 2.75) is 12.8 Å². The maximum atomic E-state index is 12.9. The van der Waals surface area contributed by atoms with Crippen LogP contribution in [0.15, 0.2) is 73.2 Å². The van der Waals surface area contributed by atoms with Crippen LogP contribution in [0.3, 0.4) is 0 Å². The lowest BCUT2D eigenvalue weighted by atomic mass is 9.79. The van der Waals surface area contributed by atoms with Gasteiger partial charge in [-0.3, -0.25) is 14.6 Å². The number of nitrogens with zero attached hydrogens (tertiary/aromatic N) is 3. The van der Waals surface area contributed by atoms with Crippen molar-refractivity contribution in [1.82, 2.24) is 20.2 Å². The fourth-order valence-corrected chi connectivity index (χ4v) is 4.17. The lowest BCUT2D eigenvalue weighted by Gasteiger charge is -2.28.